The number of ether oxygens (including phenoxy) is 3. The third-order valence-corrected chi connectivity index (χ3v) is 7.66. The number of unbranched alkanes of at least 4 members (excludes halogenated alkanes) is 7. The van der Waals surface area contributed by atoms with Gasteiger partial charge in [-0.1, -0.05) is 141 Å². The number of benzene rings is 3. The van der Waals surface area contributed by atoms with E-state index < -0.39 is 24.4 Å². The molecule has 0 radical (unpaired) electrons. The van der Waals surface area contributed by atoms with Crippen LogP contribution in [0.5, 0.6) is 0 Å². The predicted molar refractivity (Wildman–Crippen MR) is 177 cm³/mol. The van der Waals surface area contributed by atoms with Crippen LogP contribution in [0.1, 0.15) is 74.5 Å². The molecule has 0 amide bonds. The van der Waals surface area contributed by atoms with Crippen LogP contribution in [-0.2, 0) is 34.0 Å². The number of allylic oxidation sites excluding steroid dienone is 1. The summed E-state index contributed by atoms with van der Waals surface area (Å²) in [7, 11) is 0. The summed E-state index contributed by atoms with van der Waals surface area (Å²) >= 11 is 0. The summed E-state index contributed by atoms with van der Waals surface area (Å²) in [6.07, 6.45) is 9.16. The highest BCUT2D eigenvalue weighted by molar-refractivity contribution is 5.15. The Morgan fingerprint density at radius 1 is 0.682 bits per heavy atom. The molecule has 3 aromatic rings. The monoisotopic (exact) mass is 599 g/mol. The first-order valence-electron chi connectivity index (χ1n) is 16.0. The molecular formula is C37H49N3O4. The zero-order valence-electron chi connectivity index (χ0n) is 26.0. The van der Waals surface area contributed by atoms with Crippen molar-refractivity contribution in [3.05, 3.63) is 131 Å². The fourth-order valence-corrected chi connectivity index (χ4v) is 5.23. The van der Waals surface area contributed by atoms with Crippen LogP contribution in [0.3, 0.4) is 0 Å². The average molecular weight is 600 g/mol. The van der Waals surface area contributed by atoms with Gasteiger partial charge in [0.2, 0.25) is 0 Å². The highest BCUT2D eigenvalue weighted by atomic mass is 16.6. The van der Waals surface area contributed by atoms with Gasteiger partial charge in [0.25, 0.3) is 0 Å². The van der Waals surface area contributed by atoms with Gasteiger partial charge in [0.05, 0.1) is 38.6 Å². The second-order valence-corrected chi connectivity index (χ2v) is 11.2. The first-order chi connectivity index (χ1) is 21.7. The molecule has 0 aromatic heterocycles. The minimum atomic E-state index is -1.00. The summed E-state index contributed by atoms with van der Waals surface area (Å²) in [5, 5.41) is 15.7. The zero-order valence-corrected chi connectivity index (χ0v) is 26.0. The first kappa shape index (κ1) is 35.0. The molecule has 236 valence electrons. The number of aliphatic hydroxyl groups excluding tert-OH is 1. The van der Waals surface area contributed by atoms with Gasteiger partial charge in [-0.05, 0) is 41.5 Å². The highest BCUT2D eigenvalue weighted by Gasteiger charge is 2.36. The Kier molecular flexibility index (Phi) is 17.6. The Balaban J connectivity index is 1.73. The van der Waals surface area contributed by atoms with Gasteiger partial charge in [-0.2, -0.15) is 0 Å². The van der Waals surface area contributed by atoms with E-state index in [1.165, 1.54) is 25.7 Å². The molecule has 0 saturated carbocycles. The van der Waals surface area contributed by atoms with Gasteiger partial charge in [0.1, 0.15) is 12.2 Å². The zero-order chi connectivity index (χ0) is 31.1. The summed E-state index contributed by atoms with van der Waals surface area (Å²) < 4.78 is 18.8. The van der Waals surface area contributed by atoms with Gasteiger partial charge in [-0.25, -0.2) is 0 Å². The van der Waals surface area contributed by atoms with Crippen LogP contribution < -0.4 is 0 Å². The lowest BCUT2D eigenvalue weighted by molar-refractivity contribution is -0.154. The molecule has 7 nitrogen and oxygen atoms in total. The summed E-state index contributed by atoms with van der Waals surface area (Å²) in [5.41, 5.74) is 12.6. The van der Waals surface area contributed by atoms with Gasteiger partial charge >= 0.3 is 0 Å². The quantitative estimate of drug-likeness (QED) is 0.0365. The van der Waals surface area contributed by atoms with E-state index in [2.05, 4.69) is 16.6 Å². The molecule has 0 aliphatic heterocycles. The van der Waals surface area contributed by atoms with Crippen molar-refractivity contribution in [1.29, 1.82) is 0 Å². The Hall–Kier alpha value is -3.45. The normalized spacial score (nSPS) is 13.8. The minimum absolute atomic E-state index is 0.0500. The van der Waals surface area contributed by atoms with Crippen LogP contribution in [-0.4, -0.2) is 36.1 Å². The topological polar surface area (TPSA) is 96.7 Å². The van der Waals surface area contributed by atoms with Gasteiger partial charge < -0.3 is 19.3 Å². The molecule has 0 aliphatic carbocycles. The molecule has 0 fully saturated rings. The van der Waals surface area contributed by atoms with Gasteiger partial charge in [-0.15, -0.1) is 6.58 Å². The van der Waals surface area contributed by atoms with Crippen LogP contribution in [0.15, 0.2) is 109 Å². The van der Waals surface area contributed by atoms with E-state index in [0.29, 0.717) is 19.6 Å². The summed E-state index contributed by atoms with van der Waals surface area (Å²) in [4.78, 5) is 3.20. The number of hydrogen-bond acceptors (Lipinski definition) is 5. The molecule has 44 heavy (non-hydrogen) atoms. The number of aliphatic hydroxyl groups is 1. The molecule has 4 atom stereocenters. The van der Waals surface area contributed by atoms with Crippen molar-refractivity contribution in [1.82, 2.24) is 0 Å². The molecule has 3 aromatic carbocycles. The van der Waals surface area contributed by atoms with Crippen molar-refractivity contribution in [3.8, 4) is 0 Å². The van der Waals surface area contributed by atoms with Crippen LogP contribution in [0, 0.1) is 0 Å². The second-order valence-electron chi connectivity index (χ2n) is 11.2. The lowest BCUT2D eigenvalue weighted by Gasteiger charge is -2.34. The maximum absolute atomic E-state index is 11.5. The lowest BCUT2D eigenvalue weighted by Crippen LogP contribution is -2.48. The van der Waals surface area contributed by atoms with E-state index >= 15 is 0 Å². The second kappa shape index (κ2) is 22.1. The number of azide groups is 1. The predicted octanol–water partition coefficient (Wildman–Crippen LogP) is 9.11. The molecule has 0 heterocycles. The van der Waals surface area contributed by atoms with Crippen molar-refractivity contribution in [3.63, 3.8) is 0 Å². The maximum Gasteiger partial charge on any atom is 0.113 e. The van der Waals surface area contributed by atoms with Crippen molar-refractivity contribution in [2.75, 3.05) is 6.61 Å². The van der Waals surface area contributed by atoms with Gasteiger partial charge in [-0.3, -0.25) is 0 Å². The van der Waals surface area contributed by atoms with Crippen molar-refractivity contribution in [2.45, 2.75) is 102 Å². The third kappa shape index (κ3) is 13.9. The van der Waals surface area contributed by atoms with Crippen LogP contribution >= 0.6 is 0 Å². The fourth-order valence-electron chi connectivity index (χ4n) is 5.23. The van der Waals surface area contributed by atoms with Gasteiger partial charge in [0.15, 0.2) is 0 Å². The Morgan fingerprint density at radius 3 is 1.68 bits per heavy atom. The largest absolute Gasteiger partial charge is 0.388 e. The Morgan fingerprint density at radius 2 is 1.16 bits per heavy atom. The highest BCUT2D eigenvalue weighted by Crippen LogP contribution is 2.24. The molecule has 3 rings (SSSR count). The smallest absolute Gasteiger partial charge is 0.113 e. The SMILES string of the molecule is C=CCCCCCCCCC[C@@H](N=[N+]=[N-])[C@@H](OCc1ccccc1)[C@H](OCc1ccccc1)[C@H](O)COCc1ccccc1. The molecule has 1 N–H and O–H groups in total. The van der Waals surface area contributed by atoms with E-state index in [4.69, 9.17) is 14.2 Å². The van der Waals surface area contributed by atoms with E-state index in [-0.39, 0.29) is 13.2 Å². The molecule has 0 aliphatic rings. The first-order valence-corrected chi connectivity index (χ1v) is 16.0. The Labute approximate surface area is 263 Å². The molecular weight excluding hydrogens is 550 g/mol. The van der Waals surface area contributed by atoms with E-state index in [1.807, 2.05) is 97.1 Å². The summed E-state index contributed by atoms with van der Waals surface area (Å²) in [5.74, 6) is 0. The standard InChI is InChI=1S/C37H49N3O4/c1-2-3-4-5-6-7-8-9-19-26-34(39-40-38)36(43-28-32-22-15-11-16-23-32)37(44-29-33-24-17-12-18-25-33)35(41)30-42-27-31-20-13-10-14-21-31/h2,10-18,20-25,34-37,41H,1,3-9,19,26-30H2/t34-,35-,36-,37-/m1/s1. The van der Waals surface area contributed by atoms with Crippen LogP contribution in [0.2, 0.25) is 0 Å². The van der Waals surface area contributed by atoms with E-state index in [0.717, 1.165) is 42.4 Å². The van der Waals surface area contributed by atoms with Crippen LogP contribution in [0.4, 0.5) is 0 Å². The van der Waals surface area contributed by atoms with E-state index in [1.54, 1.807) is 0 Å². The number of hydrogen-bond donors (Lipinski definition) is 1. The van der Waals surface area contributed by atoms with Crippen molar-refractivity contribution >= 4 is 0 Å². The lowest BCUT2D eigenvalue weighted by atomic mass is 9.95. The molecule has 7 heteroatoms. The number of nitrogens with zero attached hydrogens (tertiary/aromatic N) is 3. The molecule has 0 saturated heterocycles. The summed E-state index contributed by atoms with van der Waals surface area (Å²) in [6.45, 7) is 4.79. The van der Waals surface area contributed by atoms with E-state index in [9.17, 15) is 10.6 Å². The average Bonchev–Trinajstić information content (AvgIpc) is 3.06. The van der Waals surface area contributed by atoms with Gasteiger partial charge in [0, 0.05) is 4.91 Å². The van der Waals surface area contributed by atoms with Crippen molar-refractivity contribution in [2.24, 2.45) is 5.11 Å². The molecule has 0 unspecified atom stereocenters. The minimum Gasteiger partial charge on any atom is -0.388 e. The fraction of sp³-hybridized carbons (Fsp3) is 0.459. The van der Waals surface area contributed by atoms with Crippen molar-refractivity contribution < 1.29 is 19.3 Å². The van der Waals surface area contributed by atoms with Crippen LogP contribution in [0.25, 0.3) is 10.4 Å². The molecule has 0 spiro atoms. The molecule has 0 bridgehead atoms. The number of rotatable bonds is 24. The Bertz CT molecular complexity index is 1190. The maximum atomic E-state index is 11.5. The third-order valence-electron chi connectivity index (χ3n) is 7.66. The summed E-state index contributed by atoms with van der Waals surface area (Å²) in [6, 6.07) is 29.1.